The molecule has 6 heteroatoms. The van der Waals surface area contributed by atoms with Crippen LogP contribution < -0.4 is 11.3 Å². The minimum atomic E-state index is -0.656. The number of aromatic nitrogens is 2. The summed E-state index contributed by atoms with van der Waals surface area (Å²) in [5.41, 5.74) is 4.98. The van der Waals surface area contributed by atoms with Crippen LogP contribution in [0.3, 0.4) is 0 Å². The van der Waals surface area contributed by atoms with Crippen molar-refractivity contribution in [1.29, 1.82) is 0 Å². The number of fused-ring (bicyclic) bond motifs is 1. The molecule has 3 rings (SSSR count). The number of nitrogens with two attached hydrogens (primary N) is 1. The molecule has 3 aromatic rings. The second kappa shape index (κ2) is 5.51. The van der Waals surface area contributed by atoms with E-state index in [9.17, 15) is 8.78 Å². The van der Waals surface area contributed by atoms with Crippen LogP contribution >= 0.6 is 0 Å². The van der Waals surface area contributed by atoms with E-state index in [2.05, 4.69) is 15.4 Å². The van der Waals surface area contributed by atoms with Crippen LogP contribution in [0.1, 0.15) is 17.2 Å². The summed E-state index contributed by atoms with van der Waals surface area (Å²) in [6.07, 6.45) is 3.14. The fourth-order valence-corrected chi connectivity index (χ4v) is 2.36. The van der Waals surface area contributed by atoms with Gasteiger partial charge in [0.15, 0.2) is 0 Å². The van der Waals surface area contributed by atoms with Gasteiger partial charge in [-0.05, 0) is 23.8 Å². The van der Waals surface area contributed by atoms with E-state index in [1.54, 1.807) is 24.5 Å². The number of rotatable bonds is 3. The SMILES string of the molecule is NNC(c1cc(F)cc(F)c1)c1cccc2nccnc12. The molecule has 4 nitrogen and oxygen atoms in total. The van der Waals surface area contributed by atoms with Gasteiger partial charge >= 0.3 is 0 Å². The third-order valence-electron chi connectivity index (χ3n) is 3.23. The number of hydrogen-bond donors (Lipinski definition) is 2. The number of benzene rings is 2. The van der Waals surface area contributed by atoms with Crippen molar-refractivity contribution < 1.29 is 8.78 Å². The normalized spacial score (nSPS) is 12.5. The van der Waals surface area contributed by atoms with E-state index in [4.69, 9.17) is 5.84 Å². The molecule has 2 aromatic carbocycles. The van der Waals surface area contributed by atoms with Gasteiger partial charge < -0.3 is 0 Å². The van der Waals surface area contributed by atoms with Crippen molar-refractivity contribution in [3.63, 3.8) is 0 Å². The predicted octanol–water partition coefficient (Wildman–Crippen LogP) is 2.46. The summed E-state index contributed by atoms with van der Waals surface area (Å²) in [7, 11) is 0. The zero-order chi connectivity index (χ0) is 14.8. The molecule has 0 saturated carbocycles. The van der Waals surface area contributed by atoms with Gasteiger partial charge in [-0.3, -0.25) is 15.8 Å². The third kappa shape index (κ3) is 2.58. The van der Waals surface area contributed by atoms with Crippen LogP contribution in [0.25, 0.3) is 11.0 Å². The monoisotopic (exact) mass is 286 g/mol. The van der Waals surface area contributed by atoms with E-state index in [0.29, 0.717) is 22.2 Å². The molecule has 1 unspecified atom stereocenters. The summed E-state index contributed by atoms with van der Waals surface area (Å²) in [6.45, 7) is 0. The first-order chi connectivity index (χ1) is 10.2. The maximum atomic E-state index is 13.4. The second-order valence-corrected chi connectivity index (χ2v) is 4.57. The molecular weight excluding hydrogens is 274 g/mol. The highest BCUT2D eigenvalue weighted by Gasteiger charge is 2.17. The van der Waals surface area contributed by atoms with Crippen molar-refractivity contribution in [2.75, 3.05) is 0 Å². The molecule has 0 amide bonds. The Morgan fingerprint density at radius 3 is 2.43 bits per heavy atom. The summed E-state index contributed by atoms with van der Waals surface area (Å²) in [4.78, 5) is 8.48. The molecule has 1 aromatic heterocycles. The molecule has 1 atom stereocenters. The van der Waals surface area contributed by atoms with E-state index < -0.39 is 17.7 Å². The van der Waals surface area contributed by atoms with Crippen LogP contribution in [0, 0.1) is 11.6 Å². The zero-order valence-corrected chi connectivity index (χ0v) is 10.9. The number of halogens is 2. The molecule has 0 aliphatic carbocycles. The van der Waals surface area contributed by atoms with E-state index in [1.165, 1.54) is 12.1 Å². The lowest BCUT2D eigenvalue weighted by Gasteiger charge is -2.18. The third-order valence-corrected chi connectivity index (χ3v) is 3.23. The molecule has 0 aliphatic heterocycles. The average Bonchev–Trinajstić information content (AvgIpc) is 2.47. The minimum absolute atomic E-state index is 0.383. The largest absolute Gasteiger partial charge is 0.271 e. The molecule has 3 N–H and O–H groups in total. The lowest BCUT2D eigenvalue weighted by atomic mass is 9.97. The lowest BCUT2D eigenvalue weighted by molar-refractivity contribution is 0.566. The number of hydrazine groups is 1. The lowest BCUT2D eigenvalue weighted by Crippen LogP contribution is -2.29. The Balaban J connectivity index is 2.18. The number of nitrogens with zero attached hydrogens (tertiary/aromatic N) is 2. The molecule has 1 heterocycles. The summed E-state index contributed by atoms with van der Waals surface area (Å²) < 4.78 is 26.8. The quantitative estimate of drug-likeness (QED) is 0.573. The smallest absolute Gasteiger partial charge is 0.126 e. The number of nitrogens with one attached hydrogen (secondary N) is 1. The highest BCUT2D eigenvalue weighted by atomic mass is 19.1. The van der Waals surface area contributed by atoms with Crippen LogP contribution in [-0.2, 0) is 0 Å². The van der Waals surface area contributed by atoms with E-state index in [1.807, 2.05) is 6.07 Å². The summed E-state index contributed by atoms with van der Waals surface area (Å²) in [5.74, 6) is 4.27. The Kier molecular flexibility index (Phi) is 3.55. The molecule has 0 spiro atoms. The van der Waals surface area contributed by atoms with Gasteiger partial charge in [0.1, 0.15) is 11.6 Å². The molecule has 0 bridgehead atoms. The fourth-order valence-electron chi connectivity index (χ4n) is 2.36. The first-order valence-corrected chi connectivity index (χ1v) is 6.31. The van der Waals surface area contributed by atoms with Gasteiger partial charge in [-0.25, -0.2) is 14.2 Å². The Morgan fingerprint density at radius 2 is 1.71 bits per heavy atom. The van der Waals surface area contributed by atoms with Gasteiger partial charge in [0.05, 0.1) is 17.1 Å². The number of para-hydroxylation sites is 1. The van der Waals surface area contributed by atoms with Crippen molar-refractivity contribution in [2.45, 2.75) is 6.04 Å². The van der Waals surface area contributed by atoms with Gasteiger partial charge in [0.2, 0.25) is 0 Å². The molecule has 0 fully saturated rings. The van der Waals surface area contributed by atoms with Gasteiger partial charge in [-0.1, -0.05) is 12.1 Å². The first-order valence-electron chi connectivity index (χ1n) is 6.31. The highest BCUT2D eigenvalue weighted by Crippen LogP contribution is 2.27. The topological polar surface area (TPSA) is 63.8 Å². The van der Waals surface area contributed by atoms with Crippen LogP contribution in [-0.4, -0.2) is 9.97 Å². The van der Waals surface area contributed by atoms with Gasteiger partial charge in [-0.15, -0.1) is 0 Å². The molecule has 0 radical (unpaired) electrons. The van der Waals surface area contributed by atoms with Crippen LogP contribution in [0.4, 0.5) is 8.78 Å². The Morgan fingerprint density at radius 1 is 1.00 bits per heavy atom. The van der Waals surface area contributed by atoms with Crippen molar-refractivity contribution in [3.8, 4) is 0 Å². The number of hydrogen-bond acceptors (Lipinski definition) is 4. The van der Waals surface area contributed by atoms with Crippen LogP contribution in [0.15, 0.2) is 48.8 Å². The van der Waals surface area contributed by atoms with Crippen LogP contribution in [0.5, 0.6) is 0 Å². The molecule has 106 valence electrons. The Bertz CT molecular complexity index is 766. The summed E-state index contributed by atoms with van der Waals surface area (Å²) >= 11 is 0. The van der Waals surface area contributed by atoms with Crippen molar-refractivity contribution in [3.05, 3.63) is 71.6 Å². The molecular formula is C15H12F2N4. The van der Waals surface area contributed by atoms with Crippen molar-refractivity contribution >= 4 is 11.0 Å². The first kappa shape index (κ1) is 13.5. The van der Waals surface area contributed by atoms with Gasteiger partial charge in [0.25, 0.3) is 0 Å². The second-order valence-electron chi connectivity index (χ2n) is 4.57. The van der Waals surface area contributed by atoms with Crippen molar-refractivity contribution in [1.82, 2.24) is 15.4 Å². The van der Waals surface area contributed by atoms with Gasteiger partial charge in [-0.2, -0.15) is 0 Å². The highest BCUT2D eigenvalue weighted by molar-refractivity contribution is 5.78. The maximum absolute atomic E-state index is 13.4. The Labute approximate surface area is 119 Å². The van der Waals surface area contributed by atoms with Gasteiger partial charge in [0, 0.05) is 24.0 Å². The van der Waals surface area contributed by atoms with E-state index in [0.717, 1.165) is 6.07 Å². The van der Waals surface area contributed by atoms with Crippen LogP contribution in [0.2, 0.25) is 0 Å². The standard InChI is InChI=1S/C15H12F2N4/c16-10-6-9(7-11(17)8-10)14(21-18)12-2-1-3-13-15(12)20-5-4-19-13/h1-8,14,21H,18H2. The summed E-state index contributed by atoms with van der Waals surface area (Å²) in [5, 5.41) is 0. The zero-order valence-electron chi connectivity index (χ0n) is 10.9. The van der Waals surface area contributed by atoms with E-state index in [-0.39, 0.29) is 0 Å². The fraction of sp³-hybridized carbons (Fsp3) is 0.0667. The van der Waals surface area contributed by atoms with E-state index >= 15 is 0 Å². The van der Waals surface area contributed by atoms with Crippen molar-refractivity contribution in [2.24, 2.45) is 5.84 Å². The maximum Gasteiger partial charge on any atom is 0.126 e. The minimum Gasteiger partial charge on any atom is -0.271 e. The average molecular weight is 286 g/mol. The Hall–Kier alpha value is -2.44. The predicted molar refractivity (Wildman–Crippen MR) is 75.1 cm³/mol. The molecule has 0 aliphatic rings. The molecule has 0 saturated heterocycles. The summed E-state index contributed by atoms with van der Waals surface area (Å²) in [6, 6.07) is 8.11. The molecule has 21 heavy (non-hydrogen) atoms.